The van der Waals surface area contributed by atoms with E-state index in [1.54, 1.807) is 36.1 Å². The summed E-state index contributed by atoms with van der Waals surface area (Å²) in [7, 11) is 0. The van der Waals surface area contributed by atoms with E-state index in [2.05, 4.69) is 19.7 Å². The third kappa shape index (κ3) is 6.55. The number of alkyl halides is 2. The van der Waals surface area contributed by atoms with Crippen molar-refractivity contribution >= 4 is 23.1 Å². The topological polar surface area (TPSA) is 104 Å². The summed E-state index contributed by atoms with van der Waals surface area (Å²) in [5.74, 6) is 0.0816. The number of aryl methyl sites for hydroxylation is 1. The fourth-order valence-corrected chi connectivity index (χ4v) is 4.83. The van der Waals surface area contributed by atoms with Gasteiger partial charge in [0.05, 0.1) is 35.2 Å². The summed E-state index contributed by atoms with van der Waals surface area (Å²) in [5.41, 5.74) is 2.82. The standard InChI is InChI=1S/C24H24F2N6O2S/c1-15-23(20(35-31-15)9-17-5-4-16(10-27)11-28-17)24(33)30-18-6-7-22(29-12-18)34-19-3-2-8-32(13-19)14-21(25)26/h4-7,11-12,19,21H,2-3,8-9,13-14H2,1H3,(H,30,33). The van der Waals surface area contributed by atoms with E-state index >= 15 is 0 Å². The van der Waals surface area contributed by atoms with Crippen molar-refractivity contribution < 1.29 is 18.3 Å². The number of pyridine rings is 2. The minimum atomic E-state index is -2.36. The average molecular weight is 499 g/mol. The maximum atomic E-state index is 13.0. The van der Waals surface area contributed by atoms with Crippen molar-refractivity contribution in [2.24, 2.45) is 0 Å². The molecule has 1 N–H and O–H groups in total. The van der Waals surface area contributed by atoms with Crippen molar-refractivity contribution in [2.45, 2.75) is 38.7 Å². The number of ether oxygens (including phenoxy) is 1. The first kappa shape index (κ1) is 24.6. The van der Waals surface area contributed by atoms with Gasteiger partial charge in [-0.25, -0.2) is 13.8 Å². The first-order valence-electron chi connectivity index (χ1n) is 11.2. The van der Waals surface area contributed by atoms with Gasteiger partial charge in [-0.2, -0.15) is 9.64 Å². The second kappa shape index (κ2) is 11.3. The minimum Gasteiger partial charge on any atom is -0.473 e. The summed E-state index contributed by atoms with van der Waals surface area (Å²) in [5, 5.41) is 11.8. The number of piperidine rings is 1. The lowest BCUT2D eigenvalue weighted by Gasteiger charge is -2.32. The highest BCUT2D eigenvalue weighted by atomic mass is 32.1. The molecule has 1 aliphatic heterocycles. The van der Waals surface area contributed by atoms with Crippen molar-refractivity contribution in [3.63, 3.8) is 0 Å². The first-order valence-corrected chi connectivity index (χ1v) is 11.9. The van der Waals surface area contributed by atoms with Crippen LogP contribution in [0.3, 0.4) is 0 Å². The van der Waals surface area contributed by atoms with Crippen LogP contribution in [0.25, 0.3) is 0 Å². The van der Waals surface area contributed by atoms with Gasteiger partial charge in [-0.15, -0.1) is 0 Å². The van der Waals surface area contributed by atoms with Gasteiger partial charge in [0.2, 0.25) is 5.88 Å². The second-order valence-corrected chi connectivity index (χ2v) is 9.12. The first-order chi connectivity index (χ1) is 16.9. The highest BCUT2D eigenvalue weighted by Crippen LogP contribution is 2.24. The molecule has 1 fully saturated rings. The second-order valence-electron chi connectivity index (χ2n) is 8.26. The molecule has 4 rings (SSSR count). The van der Waals surface area contributed by atoms with E-state index in [-0.39, 0.29) is 18.6 Å². The Labute approximate surface area is 205 Å². The Balaban J connectivity index is 1.37. The van der Waals surface area contributed by atoms with Crippen LogP contribution in [-0.2, 0) is 6.42 Å². The van der Waals surface area contributed by atoms with Crippen LogP contribution in [0, 0.1) is 18.3 Å². The number of amides is 1. The molecule has 1 aliphatic rings. The number of hydrogen-bond donors (Lipinski definition) is 1. The van der Waals surface area contributed by atoms with Crippen LogP contribution in [0.2, 0.25) is 0 Å². The Hall–Kier alpha value is -3.49. The van der Waals surface area contributed by atoms with Crippen LogP contribution >= 0.6 is 11.5 Å². The molecule has 3 aromatic rings. The van der Waals surface area contributed by atoms with Crippen molar-refractivity contribution in [3.8, 4) is 11.9 Å². The third-order valence-corrected chi connectivity index (χ3v) is 6.53. The highest BCUT2D eigenvalue weighted by Gasteiger charge is 2.24. The normalized spacial score (nSPS) is 16.1. The molecule has 0 aromatic carbocycles. The number of nitrogens with zero attached hydrogens (tertiary/aromatic N) is 5. The zero-order valence-electron chi connectivity index (χ0n) is 19.1. The monoisotopic (exact) mass is 498 g/mol. The van der Waals surface area contributed by atoms with Crippen molar-refractivity contribution in [3.05, 3.63) is 64.1 Å². The van der Waals surface area contributed by atoms with Crippen molar-refractivity contribution in [1.29, 1.82) is 5.26 Å². The zero-order valence-corrected chi connectivity index (χ0v) is 19.9. The fourth-order valence-electron chi connectivity index (χ4n) is 3.95. The lowest BCUT2D eigenvalue weighted by molar-refractivity contribution is 0.0368. The molecule has 1 amide bonds. The number of nitriles is 1. The molecule has 4 heterocycles. The number of nitrogens with one attached hydrogen (secondary N) is 1. The molecule has 0 bridgehead atoms. The van der Waals surface area contributed by atoms with E-state index in [9.17, 15) is 13.6 Å². The molecule has 1 unspecified atom stereocenters. The van der Waals surface area contributed by atoms with Crippen LogP contribution < -0.4 is 10.1 Å². The van der Waals surface area contributed by atoms with Crippen LogP contribution in [0.4, 0.5) is 14.5 Å². The van der Waals surface area contributed by atoms with E-state index in [0.717, 1.165) is 23.4 Å². The van der Waals surface area contributed by atoms with E-state index in [1.807, 2.05) is 6.07 Å². The van der Waals surface area contributed by atoms with Gasteiger partial charge in [0.25, 0.3) is 12.3 Å². The Morgan fingerprint density at radius 1 is 1.31 bits per heavy atom. The van der Waals surface area contributed by atoms with Crippen molar-refractivity contribution in [2.75, 3.05) is 25.0 Å². The molecule has 1 saturated heterocycles. The summed E-state index contributed by atoms with van der Waals surface area (Å²) in [6, 6.07) is 8.83. The van der Waals surface area contributed by atoms with Gasteiger partial charge in [0.15, 0.2) is 0 Å². The Morgan fingerprint density at radius 3 is 2.86 bits per heavy atom. The number of aromatic nitrogens is 3. The fraction of sp³-hybridized carbons (Fsp3) is 0.375. The van der Waals surface area contributed by atoms with E-state index in [1.165, 1.54) is 23.9 Å². The molecule has 0 aliphatic carbocycles. The summed E-state index contributed by atoms with van der Waals surface area (Å²) in [6.07, 6.45) is 2.44. The van der Waals surface area contributed by atoms with E-state index < -0.39 is 6.43 Å². The zero-order chi connectivity index (χ0) is 24.8. The van der Waals surface area contributed by atoms with Crippen molar-refractivity contribution in [1.82, 2.24) is 19.2 Å². The van der Waals surface area contributed by atoms with Gasteiger partial charge in [-0.05, 0) is 56.0 Å². The van der Waals surface area contributed by atoms with Crippen LogP contribution in [0.15, 0.2) is 36.7 Å². The van der Waals surface area contributed by atoms with Gasteiger partial charge < -0.3 is 10.1 Å². The highest BCUT2D eigenvalue weighted by molar-refractivity contribution is 7.06. The molecule has 0 spiro atoms. The summed E-state index contributed by atoms with van der Waals surface area (Å²) in [6.45, 7) is 2.60. The molecule has 35 heavy (non-hydrogen) atoms. The largest absolute Gasteiger partial charge is 0.473 e. The number of carbonyl (C=O) groups is 1. The molecule has 11 heteroatoms. The minimum absolute atomic E-state index is 0.201. The van der Waals surface area contributed by atoms with Gasteiger partial charge in [0, 0.05) is 35.8 Å². The predicted octanol–water partition coefficient (Wildman–Crippen LogP) is 4.06. The molecule has 8 nitrogen and oxygen atoms in total. The Bertz CT molecular complexity index is 1190. The molecule has 1 atom stereocenters. The Morgan fingerprint density at radius 2 is 2.17 bits per heavy atom. The summed E-state index contributed by atoms with van der Waals surface area (Å²) in [4.78, 5) is 24.0. The number of anilines is 1. The van der Waals surface area contributed by atoms with Gasteiger partial charge >= 0.3 is 0 Å². The van der Waals surface area contributed by atoms with Gasteiger partial charge in [0.1, 0.15) is 12.2 Å². The number of hydrogen-bond acceptors (Lipinski definition) is 8. The smallest absolute Gasteiger partial charge is 0.258 e. The predicted molar refractivity (Wildman–Crippen MR) is 127 cm³/mol. The molecule has 3 aromatic heterocycles. The third-order valence-electron chi connectivity index (χ3n) is 5.60. The molecular formula is C24H24F2N6O2S. The average Bonchev–Trinajstić information content (AvgIpc) is 3.20. The SMILES string of the molecule is Cc1nsc(Cc2ccc(C#N)cn2)c1C(=O)Nc1ccc(OC2CCCN(CC(F)F)C2)nc1. The quantitative estimate of drug-likeness (QED) is 0.499. The molecule has 0 radical (unpaired) electrons. The summed E-state index contributed by atoms with van der Waals surface area (Å²) >= 11 is 1.24. The van der Waals surface area contributed by atoms with Crippen LogP contribution in [-0.4, -0.2) is 57.3 Å². The van der Waals surface area contributed by atoms with Crippen LogP contribution in [0.5, 0.6) is 5.88 Å². The number of likely N-dealkylation sites (tertiary alicyclic amines) is 1. The molecular weight excluding hydrogens is 474 g/mol. The number of rotatable bonds is 8. The molecule has 182 valence electrons. The molecule has 0 saturated carbocycles. The summed E-state index contributed by atoms with van der Waals surface area (Å²) < 4.78 is 35.5. The van der Waals surface area contributed by atoms with Crippen LogP contribution in [0.1, 0.15) is 45.0 Å². The lowest BCUT2D eigenvalue weighted by atomic mass is 10.1. The maximum absolute atomic E-state index is 13.0. The van der Waals surface area contributed by atoms with Gasteiger partial charge in [-0.3, -0.25) is 14.7 Å². The van der Waals surface area contributed by atoms with E-state index in [0.29, 0.717) is 47.9 Å². The lowest BCUT2D eigenvalue weighted by Crippen LogP contribution is -2.43. The number of halogens is 2. The Kier molecular flexibility index (Phi) is 7.94. The maximum Gasteiger partial charge on any atom is 0.258 e. The number of carbonyl (C=O) groups excluding carboxylic acids is 1. The van der Waals surface area contributed by atoms with Gasteiger partial charge in [-0.1, -0.05) is 0 Å². The van der Waals surface area contributed by atoms with E-state index in [4.69, 9.17) is 10.00 Å².